The van der Waals surface area contributed by atoms with E-state index in [2.05, 4.69) is 19.2 Å². The topological polar surface area (TPSA) is 41.6 Å². The highest BCUT2D eigenvalue weighted by atomic mass is 16.5. The molecule has 1 saturated heterocycles. The number of hydrogen-bond donors (Lipinski definition) is 1. The van der Waals surface area contributed by atoms with Crippen molar-refractivity contribution in [3.63, 3.8) is 0 Å². The van der Waals surface area contributed by atoms with Gasteiger partial charge in [0.1, 0.15) is 6.61 Å². The first-order valence-electron chi connectivity index (χ1n) is 7.75. The van der Waals surface area contributed by atoms with E-state index in [-0.39, 0.29) is 18.6 Å². The number of rotatable bonds is 3. The van der Waals surface area contributed by atoms with Gasteiger partial charge in [0.25, 0.3) is 0 Å². The molecule has 4 nitrogen and oxygen atoms in total. The Hall–Kier alpha value is -0.610. The highest BCUT2D eigenvalue weighted by Crippen LogP contribution is 2.30. The van der Waals surface area contributed by atoms with Crippen LogP contribution in [-0.4, -0.2) is 49.7 Å². The summed E-state index contributed by atoms with van der Waals surface area (Å²) in [4.78, 5) is 14.1. The third kappa shape index (κ3) is 4.77. The zero-order valence-electron chi connectivity index (χ0n) is 12.4. The number of ether oxygens (including phenoxy) is 1. The van der Waals surface area contributed by atoms with Crippen molar-refractivity contribution in [1.82, 2.24) is 10.2 Å². The summed E-state index contributed by atoms with van der Waals surface area (Å²) in [5, 5.41) is 3.31. The number of nitrogens with one attached hydrogen (secondary N) is 1. The Labute approximate surface area is 116 Å². The first-order valence-corrected chi connectivity index (χ1v) is 7.75. The highest BCUT2D eigenvalue weighted by Gasteiger charge is 2.25. The van der Waals surface area contributed by atoms with Crippen LogP contribution in [0.2, 0.25) is 0 Å². The average Bonchev–Trinajstić information content (AvgIpc) is 2.63. The van der Waals surface area contributed by atoms with Gasteiger partial charge in [0, 0.05) is 19.6 Å². The van der Waals surface area contributed by atoms with Crippen LogP contribution in [0, 0.1) is 11.8 Å². The normalized spacial score (nSPS) is 32.9. The maximum absolute atomic E-state index is 12.1. The minimum atomic E-state index is 0.162. The van der Waals surface area contributed by atoms with Gasteiger partial charge in [0.15, 0.2) is 0 Å². The second-order valence-corrected chi connectivity index (χ2v) is 6.33. The first-order chi connectivity index (χ1) is 9.15. The minimum Gasteiger partial charge on any atom is -0.368 e. The number of hydrogen-bond acceptors (Lipinski definition) is 3. The van der Waals surface area contributed by atoms with Gasteiger partial charge < -0.3 is 15.0 Å². The molecule has 2 rings (SSSR count). The molecule has 19 heavy (non-hydrogen) atoms. The molecule has 1 heterocycles. The summed E-state index contributed by atoms with van der Waals surface area (Å²) < 4.78 is 5.87. The fourth-order valence-corrected chi connectivity index (χ4v) is 3.38. The standard InChI is InChI=1S/C15H28N2O2/c1-12-8-13(2)10-14(9-12)19-11-15(18)17-6-3-4-16-5-7-17/h12-14,16H,3-11H2,1-2H3. The lowest BCUT2D eigenvalue weighted by atomic mass is 9.82. The van der Waals surface area contributed by atoms with E-state index in [1.807, 2.05) is 4.90 Å². The molecule has 2 unspecified atom stereocenters. The number of carbonyl (C=O) groups excluding carboxylic acids is 1. The van der Waals surface area contributed by atoms with Crippen LogP contribution in [0.4, 0.5) is 0 Å². The van der Waals surface area contributed by atoms with E-state index in [1.54, 1.807) is 0 Å². The van der Waals surface area contributed by atoms with E-state index in [1.165, 1.54) is 6.42 Å². The number of amides is 1. The van der Waals surface area contributed by atoms with Gasteiger partial charge in [0.05, 0.1) is 6.10 Å². The lowest BCUT2D eigenvalue weighted by Crippen LogP contribution is -2.38. The van der Waals surface area contributed by atoms with Crippen LogP contribution in [0.5, 0.6) is 0 Å². The minimum absolute atomic E-state index is 0.162. The zero-order chi connectivity index (χ0) is 13.7. The van der Waals surface area contributed by atoms with Crippen molar-refractivity contribution in [3.8, 4) is 0 Å². The van der Waals surface area contributed by atoms with Crippen molar-refractivity contribution >= 4 is 5.91 Å². The van der Waals surface area contributed by atoms with Crippen molar-refractivity contribution in [2.75, 3.05) is 32.8 Å². The summed E-state index contributed by atoms with van der Waals surface area (Å²) in [6.45, 7) is 8.45. The summed E-state index contributed by atoms with van der Waals surface area (Å²) in [7, 11) is 0. The van der Waals surface area contributed by atoms with Crippen molar-refractivity contribution in [1.29, 1.82) is 0 Å². The maximum Gasteiger partial charge on any atom is 0.248 e. The predicted molar refractivity (Wildman–Crippen MR) is 76.0 cm³/mol. The molecule has 1 aliphatic carbocycles. The third-order valence-electron chi connectivity index (χ3n) is 4.27. The van der Waals surface area contributed by atoms with Crippen molar-refractivity contribution < 1.29 is 9.53 Å². The third-order valence-corrected chi connectivity index (χ3v) is 4.27. The second-order valence-electron chi connectivity index (χ2n) is 6.33. The van der Waals surface area contributed by atoms with Crippen molar-refractivity contribution in [2.24, 2.45) is 11.8 Å². The fourth-order valence-electron chi connectivity index (χ4n) is 3.38. The molecule has 4 heteroatoms. The van der Waals surface area contributed by atoms with E-state index < -0.39 is 0 Å². The van der Waals surface area contributed by atoms with Crippen LogP contribution >= 0.6 is 0 Å². The molecular weight excluding hydrogens is 240 g/mol. The molecule has 110 valence electrons. The molecule has 2 aliphatic rings. The van der Waals surface area contributed by atoms with E-state index in [9.17, 15) is 4.79 Å². The Kier molecular flexibility index (Phi) is 5.64. The molecule has 1 aliphatic heterocycles. The molecule has 0 radical (unpaired) electrons. The molecule has 2 fully saturated rings. The number of carbonyl (C=O) groups is 1. The van der Waals surface area contributed by atoms with Gasteiger partial charge in [-0.2, -0.15) is 0 Å². The zero-order valence-corrected chi connectivity index (χ0v) is 12.4. The number of nitrogens with zero attached hydrogens (tertiary/aromatic N) is 1. The van der Waals surface area contributed by atoms with Gasteiger partial charge in [0.2, 0.25) is 5.91 Å². The molecule has 0 aromatic carbocycles. The average molecular weight is 268 g/mol. The summed E-state index contributed by atoms with van der Waals surface area (Å²) in [6.07, 6.45) is 4.85. The van der Waals surface area contributed by atoms with Crippen LogP contribution in [0.25, 0.3) is 0 Å². The van der Waals surface area contributed by atoms with E-state index >= 15 is 0 Å². The Morgan fingerprint density at radius 2 is 1.89 bits per heavy atom. The second kappa shape index (κ2) is 7.25. The Bertz CT molecular complexity index is 278. The van der Waals surface area contributed by atoms with Gasteiger partial charge >= 0.3 is 0 Å². The Morgan fingerprint density at radius 3 is 2.63 bits per heavy atom. The van der Waals surface area contributed by atoms with Crippen molar-refractivity contribution in [3.05, 3.63) is 0 Å². The van der Waals surface area contributed by atoms with E-state index in [4.69, 9.17) is 4.74 Å². The quantitative estimate of drug-likeness (QED) is 0.846. The summed E-state index contributed by atoms with van der Waals surface area (Å²) in [5.74, 6) is 1.62. The van der Waals surface area contributed by atoms with Gasteiger partial charge in [-0.25, -0.2) is 0 Å². The van der Waals surface area contributed by atoms with Crippen LogP contribution in [0.15, 0.2) is 0 Å². The smallest absolute Gasteiger partial charge is 0.248 e. The van der Waals surface area contributed by atoms with E-state index in [0.717, 1.165) is 57.3 Å². The Balaban J connectivity index is 1.73. The van der Waals surface area contributed by atoms with Gasteiger partial charge in [-0.15, -0.1) is 0 Å². The van der Waals surface area contributed by atoms with Gasteiger partial charge in [-0.3, -0.25) is 4.79 Å². The molecule has 1 saturated carbocycles. The lowest BCUT2D eigenvalue weighted by Gasteiger charge is -2.31. The monoisotopic (exact) mass is 268 g/mol. The molecule has 0 bridgehead atoms. The van der Waals surface area contributed by atoms with Crippen molar-refractivity contribution in [2.45, 2.75) is 45.6 Å². The molecule has 0 aromatic rings. The Morgan fingerprint density at radius 1 is 1.16 bits per heavy atom. The molecule has 0 aromatic heterocycles. The summed E-state index contributed by atoms with van der Waals surface area (Å²) >= 11 is 0. The summed E-state index contributed by atoms with van der Waals surface area (Å²) in [5.41, 5.74) is 0. The molecular formula is C15H28N2O2. The molecule has 1 N–H and O–H groups in total. The molecule has 0 spiro atoms. The van der Waals surface area contributed by atoms with Crippen LogP contribution < -0.4 is 5.32 Å². The van der Waals surface area contributed by atoms with Crippen LogP contribution in [0.3, 0.4) is 0 Å². The van der Waals surface area contributed by atoms with Gasteiger partial charge in [-0.05, 0) is 44.1 Å². The fraction of sp³-hybridized carbons (Fsp3) is 0.933. The van der Waals surface area contributed by atoms with E-state index in [0.29, 0.717) is 0 Å². The molecule has 1 amide bonds. The van der Waals surface area contributed by atoms with Crippen LogP contribution in [-0.2, 0) is 9.53 Å². The largest absolute Gasteiger partial charge is 0.368 e. The van der Waals surface area contributed by atoms with Gasteiger partial charge in [-0.1, -0.05) is 13.8 Å². The molecule has 2 atom stereocenters. The SMILES string of the molecule is CC1CC(C)CC(OCC(=O)N2CCCNCC2)C1. The first kappa shape index (κ1) is 14.8. The maximum atomic E-state index is 12.1. The summed E-state index contributed by atoms with van der Waals surface area (Å²) in [6, 6.07) is 0. The lowest BCUT2D eigenvalue weighted by molar-refractivity contribution is -0.139. The predicted octanol–water partition coefficient (Wildman–Crippen LogP) is 1.65. The van der Waals surface area contributed by atoms with Crippen LogP contribution in [0.1, 0.15) is 39.5 Å². The highest BCUT2D eigenvalue weighted by molar-refractivity contribution is 5.77.